The fourth-order valence-electron chi connectivity index (χ4n) is 0.737. The van der Waals surface area contributed by atoms with Crippen molar-refractivity contribution >= 4 is 9.24 Å². The monoisotopic (exact) mass is 164 g/mol. The number of unbranched alkanes of at least 4 members (excludes halogenated alkanes) is 1. The fourth-order valence-corrected chi connectivity index (χ4v) is 0.941. The molecule has 0 aliphatic carbocycles. The van der Waals surface area contributed by atoms with Gasteiger partial charge in [0.1, 0.15) is 0 Å². The normalized spacial score (nSPS) is 12.0. The van der Waals surface area contributed by atoms with Gasteiger partial charge in [-0.15, -0.1) is 9.24 Å². The second-order valence-electron chi connectivity index (χ2n) is 2.78. The van der Waals surface area contributed by atoms with Crippen LogP contribution < -0.4 is 0 Å². The van der Waals surface area contributed by atoms with Crippen molar-refractivity contribution in [1.82, 2.24) is 0 Å². The van der Waals surface area contributed by atoms with E-state index < -0.39 is 0 Å². The molecule has 1 unspecified atom stereocenters. The summed E-state index contributed by atoms with van der Waals surface area (Å²) in [6.07, 6.45) is 3.04. The molecular weight excluding hydrogens is 147 g/mol. The van der Waals surface area contributed by atoms with Crippen LogP contribution in [0, 0.1) is 0 Å². The standard InChI is InChI=1S/C7H17O2P/c1-2-3-4-7(10,5-8)6-9/h8-9H,2-6,10H2,1H3. The van der Waals surface area contributed by atoms with Gasteiger partial charge in [-0.3, -0.25) is 0 Å². The maximum absolute atomic E-state index is 8.83. The molecule has 0 bridgehead atoms. The molecule has 0 aromatic rings. The molecule has 0 aliphatic heterocycles. The van der Waals surface area contributed by atoms with Gasteiger partial charge < -0.3 is 10.2 Å². The predicted molar refractivity (Wildman–Crippen MR) is 46.1 cm³/mol. The van der Waals surface area contributed by atoms with E-state index in [1.165, 1.54) is 0 Å². The Morgan fingerprint density at radius 3 is 2.10 bits per heavy atom. The Hall–Kier alpha value is 0.350. The Morgan fingerprint density at radius 2 is 1.80 bits per heavy atom. The molecular formula is C7H17O2P. The molecule has 2 N–H and O–H groups in total. The minimum absolute atomic E-state index is 0.0498. The van der Waals surface area contributed by atoms with Crippen molar-refractivity contribution in [3.05, 3.63) is 0 Å². The van der Waals surface area contributed by atoms with Gasteiger partial charge in [0.25, 0.3) is 0 Å². The van der Waals surface area contributed by atoms with Gasteiger partial charge in [0.05, 0.1) is 13.2 Å². The van der Waals surface area contributed by atoms with Crippen LogP contribution in [0.25, 0.3) is 0 Å². The third-order valence-corrected chi connectivity index (χ3v) is 2.31. The van der Waals surface area contributed by atoms with E-state index in [-0.39, 0.29) is 18.4 Å². The molecule has 0 aromatic heterocycles. The largest absolute Gasteiger partial charge is 0.395 e. The van der Waals surface area contributed by atoms with Crippen molar-refractivity contribution < 1.29 is 10.2 Å². The van der Waals surface area contributed by atoms with Crippen LogP contribution in [0.3, 0.4) is 0 Å². The van der Waals surface area contributed by atoms with Gasteiger partial charge in [-0.25, -0.2) is 0 Å². The van der Waals surface area contributed by atoms with E-state index in [1.807, 2.05) is 0 Å². The Morgan fingerprint density at radius 1 is 1.30 bits per heavy atom. The number of aliphatic hydroxyl groups excluding tert-OH is 2. The quantitative estimate of drug-likeness (QED) is 0.589. The van der Waals surface area contributed by atoms with Gasteiger partial charge in [-0.2, -0.15) is 0 Å². The summed E-state index contributed by atoms with van der Waals surface area (Å²) in [5.41, 5.74) is 0. The molecule has 0 fully saturated rings. The summed E-state index contributed by atoms with van der Waals surface area (Å²) in [6.45, 7) is 2.20. The molecule has 0 heterocycles. The van der Waals surface area contributed by atoms with Crippen LogP contribution >= 0.6 is 9.24 Å². The van der Waals surface area contributed by atoms with Crippen LogP contribution in [0.15, 0.2) is 0 Å². The molecule has 0 spiro atoms. The van der Waals surface area contributed by atoms with Crippen molar-refractivity contribution in [2.45, 2.75) is 31.3 Å². The maximum Gasteiger partial charge on any atom is 0.0543 e. The zero-order valence-corrected chi connectivity index (χ0v) is 7.66. The molecule has 0 aromatic carbocycles. The minimum atomic E-state index is -0.337. The summed E-state index contributed by atoms with van der Waals surface area (Å²) in [5.74, 6) is 0. The van der Waals surface area contributed by atoms with E-state index in [2.05, 4.69) is 16.2 Å². The summed E-state index contributed by atoms with van der Waals surface area (Å²) >= 11 is 0. The second kappa shape index (κ2) is 5.06. The number of hydrogen-bond acceptors (Lipinski definition) is 2. The smallest absolute Gasteiger partial charge is 0.0543 e. The van der Waals surface area contributed by atoms with Gasteiger partial charge in [-0.05, 0) is 6.42 Å². The summed E-state index contributed by atoms with van der Waals surface area (Å²) in [5, 5.41) is 17.3. The highest BCUT2D eigenvalue weighted by Gasteiger charge is 2.21. The topological polar surface area (TPSA) is 40.5 Å². The van der Waals surface area contributed by atoms with Crippen LogP contribution in [0.4, 0.5) is 0 Å². The Kier molecular flexibility index (Phi) is 5.24. The van der Waals surface area contributed by atoms with E-state index >= 15 is 0 Å². The molecule has 3 heteroatoms. The first kappa shape index (κ1) is 10.3. The lowest BCUT2D eigenvalue weighted by molar-refractivity contribution is 0.164. The van der Waals surface area contributed by atoms with Crippen molar-refractivity contribution in [2.24, 2.45) is 0 Å². The highest BCUT2D eigenvalue weighted by Crippen LogP contribution is 2.23. The van der Waals surface area contributed by atoms with E-state index in [0.717, 1.165) is 19.3 Å². The van der Waals surface area contributed by atoms with Gasteiger partial charge >= 0.3 is 0 Å². The first-order valence-corrected chi connectivity index (χ1v) is 4.27. The summed E-state index contributed by atoms with van der Waals surface area (Å²) < 4.78 is 0. The molecule has 62 valence electrons. The number of hydrogen-bond donors (Lipinski definition) is 2. The average Bonchev–Trinajstić information content (AvgIpc) is 2.00. The zero-order valence-electron chi connectivity index (χ0n) is 6.51. The van der Waals surface area contributed by atoms with Gasteiger partial charge in [0.2, 0.25) is 0 Å². The first-order valence-electron chi connectivity index (χ1n) is 3.69. The van der Waals surface area contributed by atoms with Crippen LogP contribution in [0.5, 0.6) is 0 Å². The van der Waals surface area contributed by atoms with E-state index in [4.69, 9.17) is 10.2 Å². The third kappa shape index (κ3) is 3.50. The highest BCUT2D eigenvalue weighted by molar-refractivity contribution is 7.19. The fraction of sp³-hybridized carbons (Fsp3) is 1.00. The molecule has 10 heavy (non-hydrogen) atoms. The molecule has 0 saturated carbocycles. The van der Waals surface area contributed by atoms with Crippen LogP contribution in [0.2, 0.25) is 0 Å². The summed E-state index contributed by atoms with van der Waals surface area (Å²) in [4.78, 5) is 0. The van der Waals surface area contributed by atoms with Crippen LogP contribution in [-0.4, -0.2) is 28.6 Å². The molecule has 1 atom stereocenters. The van der Waals surface area contributed by atoms with Crippen LogP contribution in [0.1, 0.15) is 26.2 Å². The van der Waals surface area contributed by atoms with Crippen LogP contribution in [-0.2, 0) is 0 Å². The molecule has 0 saturated heterocycles. The predicted octanol–water partition coefficient (Wildman–Crippen LogP) is 0.775. The van der Waals surface area contributed by atoms with E-state index in [1.54, 1.807) is 0 Å². The SMILES string of the molecule is CCCCC(P)(CO)CO. The van der Waals surface area contributed by atoms with Gasteiger partial charge in [0.15, 0.2) is 0 Å². The molecule has 0 amide bonds. The summed E-state index contributed by atoms with van der Waals surface area (Å²) in [7, 11) is 2.52. The lowest BCUT2D eigenvalue weighted by Crippen LogP contribution is -2.29. The minimum Gasteiger partial charge on any atom is -0.395 e. The lowest BCUT2D eigenvalue weighted by atomic mass is 10.0. The van der Waals surface area contributed by atoms with E-state index in [9.17, 15) is 0 Å². The van der Waals surface area contributed by atoms with Gasteiger partial charge in [0, 0.05) is 5.16 Å². The van der Waals surface area contributed by atoms with Crippen molar-refractivity contribution in [3.8, 4) is 0 Å². The number of aliphatic hydroxyl groups is 2. The van der Waals surface area contributed by atoms with Crippen molar-refractivity contribution in [3.63, 3.8) is 0 Å². The second-order valence-corrected chi connectivity index (χ2v) is 4.01. The molecule has 0 rings (SSSR count). The maximum atomic E-state index is 8.83. The Labute approximate surface area is 64.8 Å². The molecule has 0 aliphatic rings. The summed E-state index contributed by atoms with van der Waals surface area (Å²) in [6, 6.07) is 0. The number of rotatable bonds is 5. The third-order valence-electron chi connectivity index (χ3n) is 1.66. The zero-order chi connectivity index (χ0) is 8.04. The first-order chi connectivity index (χ1) is 4.68. The Balaban J connectivity index is 3.58. The Bertz CT molecular complexity index is 81.7. The highest BCUT2D eigenvalue weighted by atomic mass is 31.0. The van der Waals surface area contributed by atoms with Gasteiger partial charge in [-0.1, -0.05) is 19.8 Å². The molecule has 0 radical (unpaired) electrons. The van der Waals surface area contributed by atoms with Crippen molar-refractivity contribution in [2.75, 3.05) is 13.2 Å². The van der Waals surface area contributed by atoms with E-state index in [0.29, 0.717) is 0 Å². The molecule has 2 nitrogen and oxygen atoms in total. The van der Waals surface area contributed by atoms with Crippen molar-refractivity contribution in [1.29, 1.82) is 0 Å². The average molecular weight is 164 g/mol. The lowest BCUT2D eigenvalue weighted by Gasteiger charge is -2.23.